The highest BCUT2D eigenvalue weighted by Gasteiger charge is 2.45. The summed E-state index contributed by atoms with van der Waals surface area (Å²) in [6.07, 6.45) is 44.2. The molecule has 0 amide bonds. The van der Waals surface area contributed by atoms with E-state index in [1.54, 1.807) is 0 Å². The van der Waals surface area contributed by atoms with Gasteiger partial charge >= 0.3 is 0 Å². The summed E-state index contributed by atoms with van der Waals surface area (Å²) in [5.41, 5.74) is 0. The Morgan fingerprint density at radius 1 is 0.324 bits per heavy atom. The third-order valence-electron chi connectivity index (χ3n) is 13.1. The van der Waals surface area contributed by atoms with Crippen molar-refractivity contribution in [2.45, 2.75) is 297 Å². The number of hydrogen-bond donors (Lipinski definition) is 0. The fraction of sp³-hybridized carbons (Fsp3) is 0.833. The lowest BCUT2D eigenvalue weighted by Crippen LogP contribution is -2.28. The van der Waals surface area contributed by atoms with E-state index in [9.17, 15) is 0 Å². The molecule has 4 rings (SSSR count). The lowest BCUT2D eigenvalue weighted by molar-refractivity contribution is 0.503. The molecule has 14 heteroatoms. The summed E-state index contributed by atoms with van der Waals surface area (Å²) in [7, 11) is -5.31. The molecule has 0 aromatic carbocycles. The van der Waals surface area contributed by atoms with Gasteiger partial charge in [0.25, 0.3) is 23.5 Å². The average molecular weight is 1100 g/mol. The molecule has 0 radical (unpaired) electrons. The normalized spacial score (nSPS) is 26.1. The van der Waals surface area contributed by atoms with Gasteiger partial charge in [-0.1, -0.05) is 154 Å². The van der Waals surface area contributed by atoms with Gasteiger partial charge < -0.3 is 18.1 Å². The molecule has 4 unspecified atom stereocenters. The van der Waals surface area contributed by atoms with Gasteiger partial charge in [0.1, 0.15) is 0 Å². The van der Waals surface area contributed by atoms with Crippen molar-refractivity contribution < 1.29 is 18.1 Å². The van der Waals surface area contributed by atoms with E-state index in [0.717, 1.165) is 23.5 Å². The Kier molecular flexibility index (Phi) is 32.5. The first kappa shape index (κ1) is 69.6. The summed E-state index contributed by atoms with van der Waals surface area (Å²) in [5.74, 6) is 3.34. The summed E-state index contributed by atoms with van der Waals surface area (Å²) in [6, 6.07) is 12.6. The number of aromatic nitrogens is 2. The highest BCUT2D eigenvalue weighted by atomic mass is 31.2. The van der Waals surface area contributed by atoms with Crippen LogP contribution >= 0.6 is 29.5 Å². The summed E-state index contributed by atoms with van der Waals surface area (Å²) in [6.45, 7) is 33.4. The lowest BCUT2D eigenvalue weighted by Gasteiger charge is -2.40. The molecule has 2 aliphatic rings. The van der Waals surface area contributed by atoms with Crippen LogP contribution in [0.3, 0.4) is 0 Å². The van der Waals surface area contributed by atoms with Crippen molar-refractivity contribution in [1.29, 1.82) is 0 Å². The highest BCUT2D eigenvalue weighted by Crippen LogP contribution is 2.69. The largest absolute Gasteiger partial charge is 0.377 e. The Morgan fingerprint density at radius 3 is 0.635 bits per heavy atom. The van der Waals surface area contributed by atoms with Crippen molar-refractivity contribution in [3.63, 3.8) is 0 Å². The number of nitrogens with zero attached hydrogens (tertiary/aromatic N) is 2. The summed E-state index contributed by atoms with van der Waals surface area (Å²) in [5, 5.41) is 1.02. The molecule has 0 spiro atoms. The number of rotatable bonds is 3. The molecule has 4 atom stereocenters. The maximum Gasteiger partial charge on any atom is 0.261 e. The predicted molar refractivity (Wildman–Crippen MR) is 358 cm³/mol. The molecule has 430 valence electrons. The number of hydrogen-bond acceptors (Lipinski definition) is 6. The van der Waals surface area contributed by atoms with E-state index in [1.165, 1.54) is 204 Å². The molecule has 0 aliphatic carbocycles. The van der Waals surface area contributed by atoms with E-state index < -0.39 is 29.5 Å². The summed E-state index contributed by atoms with van der Waals surface area (Å²) in [4.78, 5) is 9.97. The SMILES string of the molecule is CCCCCC.[BH3-][P+]1(C(C)(C)C)CCCCCCCCCCCCCC[P+]([BH3-])(C(C)(C)C)Oc2cccc(n2)O1.[BH3-][P+]1(C(C)(C)C)CCCCCCCCCCCCCC[P+]([BH3-])(C(C)(C)C)Oc2cccc(n2)O1. The Morgan fingerprint density at radius 2 is 0.486 bits per heavy atom. The van der Waals surface area contributed by atoms with Gasteiger partial charge in [-0.05, 0) is 134 Å². The zero-order valence-corrected chi connectivity index (χ0v) is 52.0. The minimum atomic E-state index is -1.40. The van der Waals surface area contributed by atoms with Crippen LogP contribution in [0.1, 0.15) is 277 Å². The third-order valence-corrected chi connectivity index (χ3v) is 23.6. The van der Waals surface area contributed by atoms with Crippen LogP contribution in [0.2, 0.25) is 0 Å². The van der Waals surface area contributed by atoms with E-state index >= 15 is 0 Å². The van der Waals surface area contributed by atoms with Crippen LogP contribution in [0.5, 0.6) is 23.5 Å². The average Bonchev–Trinajstić information content (AvgIpc) is 3.29. The molecular weight excluding hydrogens is 980 g/mol. The van der Waals surface area contributed by atoms with Gasteiger partial charge in [0.05, 0.1) is 45.3 Å². The van der Waals surface area contributed by atoms with Gasteiger partial charge in [0, 0.05) is 53.7 Å². The van der Waals surface area contributed by atoms with E-state index in [2.05, 4.69) is 133 Å². The van der Waals surface area contributed by atoms with Crippen molar-refractivity contribution in [1.82, 2.24) is 9.97 Å². The molecule has 0 saturated heterocycles. The van der Waals surface area contributed by atoms with Gasteiger partial charge in [0.2, 0.25) is 0 Å². The molecule has 74 heavy (non-hydrogen) atoms. The molecule has 2 aromatic rings. The maximum absolute atomic E-state index is 6.92. The van der Waals surface area contributed by atoms with Crippen LogP contribution in [0.4, 0.5) is 0 Å². The van der Waals surface area contributed by atoms with Crippen LogP contribution < -0.4 is 18.1 Å². The van der Waals surface area contributed by atoms with Crippen molar-refractivity contribution in [3.8, 4) is 23.5 Å². The van der Waals surface area contributed by atoms with Crippen LogP contribution in [-0.2, 0) is 0 Å². The summed E-state index contributed by atoms with van der Waals surface area (Å²) >= 11 is 0. The highest BCUT2D eigenvalue weighted by molar-refractivity contribution is 7.96. The van der Waals surface area contributed by atoms with Crippen molar-refractivity contribution in [3.05, 3.63) is 36.4 Å². The fourth-order valence-corrected chi connectivity index (χ4v) is 16.1. The first-order valence-electron chi connectivity index (χ1n) is 29.0. The third kappa shape index (κ3) is 26.2. The molecule has 2 aliphatic heterocycles. The van der Waals surface area contributed by atoms with Gasteiger partial charge in [-0.25, -0.2) is 0 Å². The van der Waals surface area contributed by atoms with E-state index in [1.807, 2.05) is 0 Å². The molecule has 4 bridgehead atoms. The van der Waals surface area contributed by atoms with Crippen LogP contribution in [0.25, 0.3) is 0 Å². The van der Waals surface area contributed by atoms with Crippen molar-refractivity contribution in [2.24, 2.45) is 0 Å². The Balaban J connectivity index is 0.000000456. The molecule has 4 heterocycles. The zero-order valence-electron chi connectivity index (χ0n) is 48.4. The molecule has 2 aromatic heterocycles. The van der Waals surface area contributed by atoms with E-state index in [0.29, 0.717) is 0 Å². The number of pyridine rings is 2. The fourth-order valence-electron chi connectivity index (χ4n) is 8.58. The molecular formula is C60H124B4N2O4P4. The zero-order chi connectivity index (χ0) is 55.4. The van der Waals surface area contributed by atoms with E-state index in [-0.39, 0.29) is 50.9 Å². The van der Waals surface area contributed by atoms with Crippen LogP contribution in [-0.4, -0.2) is 85.5 Å². The number of fused-ring (bicyclic) bond motifs is 4. The Bertz CT molecular complexity index is 1550. The van der Waals surface area contributed by atoms with Gasteiger partial charge in [-0.2, -0.15) is 9.97 Å². The Labute approximate surface area is 467 Å². The molecule has 0 saturated carbocycles. The van der Waals surface area contributed by atoms with Crippen LogP contribution in [0.15, 0.2) is 36.4 Å². The Hall–Kier alpha value is -0.520. The van der Waals surface area contributed by atoms with Crippen molar-refractivity contribution >= 4 is 59.7 Å². The minimum absolute atomic E-state index is 0.0699. The smallest absolute Gasteiger partial charge is 0.261 e. The second-order valence-electron chi connectivity index (χ2n) is 24.3. The molecule has 0 N–H and O–H groups in total. The number of unbranched alkanes of at least 4 members (excludes halogenated alkanes) is 3. The van der Waals surface area contributed by atoms with Crippen molar-refractivity contribution in [2.75, 3.05) is 24.6 Å². The molecule has 6 nitrogen and oxygen atoms in total. The minimum Gasteiger partial charge on any atom is -0.377 e. The first-order valence-corrected chi connectivity index (χ1v) is 34.8. The maximum atomic E-state index is 6.92. The van der Waals surface area contributed by atoms with Gasteiger partial charge in [-0.15, -0.1) is 0 Å². The van der Waals surface area contributed by atoms with E-state index in [4.69, 9.17) is 28.1 Å². The lowest BCUT2D eigenvalue weighted by atomic mass is 10.1. The van der Waals surface area contributed by atoms with Gasteiger partial charge in [-0.3, -0.25) is 0 Å². The van der Waals surface area contributed by atoms with Gasteiger partial charge in [0.15, 0.2) is 30.3 Å². The predicted octanol–water partition coefficient (Wildman–Crippen LogP) is 17.7. The first-order chi connectivity index (χ1) is 34.6. The summed E-state index contributed by atoms with van der Waals surface area (Å²) < 4.78 is 27.7. The topological polar surface area (TPSA) is 62.7 Å². The monoisotopic (exact) mass is 1100 g/mol. The quantitative estimate of drug-likeness (QED) is 0.173. The second kappa shape index (κ2) is 34.6. The molecule has 0 fully saturated rings. The standard InChI is InChI=1S/2C27H55B2NO2P2.C6H14/c2*1-26(2,3)33(28)22-17-15-13-11-9-7-8-10-12-14-16-18-23-34(29,27(4,5)6)32-25-21-19-20-24(30-25)31-33;1-3-5-6-4-2/h2*19-21H,7-18,22-23H2,1-6,28-29H3;3-6H2,1-2H3. The van der Waals surface area contributed by atoms with Crippen LogP contribution in [0, 0.1) is 0 Å². The second-order valence-corrected chi connectivity index (χ2v) is 35.2.